The molecule has 0 fully saturated rings. The zero-order valence-corrected chi connectivity index (χ0v) is 39.9. The first-order valence-electron chi connectivity index (χ1n) is 22.7. The molecule has 9 aromatic rings. The van der Waals surface area contributed by atoms with Crippen molar-refractivity contribution in [3.63, 3.8) is 0 Å². The Kier molecular flexibility index (Phi) is 13.9. The second-order valence-corrected chi connectivity index (χ2v) is 17.4. The quantitative estimate of drug-likeness (QED) is 0.145. The van der Waals surface area contributed by atoms with Gasteiger partial charge in [-0.05, 0) is 129 Å². The smallest absolute Gasteiger partial charge is 0.262 e. The third-order valence-corrected chi connectivity index (χ3v) is 13.1. The van der Waals surface area contributed by atoms with E-state index < -0.39 is 23.7 Å². The van der Waals surface area contributed by atoms with Crippen LogP contribution in [0.5, 0.6) is 0 Å². The molecule has 9 nitrogen and oxygen atoms in total. The van der Waals surface area contributed by atoms with Gasteiger partial charge in [0.2, 0.25) is 0 Å². The largest absolute Gasteiger partial charge is 0.289 e. The zero-order valence-electron chi connectivity index (χ0n) is 38.4. The summed E-state index contributed by atoms with van der Waals surface area (Å²) >= 11 is 13.2. The molecule has 71 heavy (non-hydrogen) atoms. The molecule has 0 saturated heterocycles. The van der Waals surface area contributed by atoms with Crippen LogP contribution in [0, 0.1) is 17.5 Å². The zero-order chi connectivity index (χ0) is 49.9. The van der Waals surface area contributed by atoms with E-state index >= 15 is 0 Å². The van der Waals surface area contributed by atoms with Crippen molar-refractivity contribution in [2.24, 2.45) is 0 Å². The number of aromatic nitrogens is 5. The molecule has 14 heteroatoms. The van der Waals surface area contributed by atoms with Gasteiger partial charge in [0, 0.05) is 51.6 Å². The first kappa shape index (κ1) is 48.1. The standard InChI is InChI=1S/C24H15ClFN3O2.C17H14FNO.C16H12ClFN2/c1-13(29-23(30)15-6-2-3-7-16(15)24(29)31)22-20(19-8-4-5-11-27-19)21(25)17-12-14(26)9-10-18(17)28-22;1-2-11-9-12-6-7-13(18)10-14(12)17(20)16(11)15-5-3-4-8-19-15;1-2-12-15(14-5-3-4-8-19-14)16(17)11-9-10(18)6-7-13(11)20-12/h2-13H,1H3;3-8,10H,2,9H2,1H3;3-9H,2H2,1H3. The molecule has 4 aromatic carbocycles. The van der Waals surface area contributed by atoms with Crippen molar-refractivity contribution in [3.8, 4) is 22.5 Å². The minimum absolute atomic E-state index is 0.124. The van der Waals surface area contributed by atoms with E-state index in [9.17, 15) is 27.6 Å². The van der Waals surface area contributed by atoms with Gasteiger partial charge < -0.3 is 0 Å². The molecular formula is C57H41Cl2F3N6O3. The van der Waals surface area contributed by atoms with Crippen LogP contribution in [0.2, 0.25) is 10.0 Å². The summed E-state index contributed by atoms with van der Waals surface area (Å²) in [6, 6.07) is 35.4. The van der Waals surface area contributed by atoms with Crippen LogP contribution >= 0.6 is 23.2 Å². The molecule has 2 amide bonds. The molecule has 2 aliphatic rings. The van der Waals surface area contributed by atoms with Gasteiger partial charge in [-0.25, -0.2) is 18.2 Å². The number of fused-ring (bicyclic) bond motifs is 4. The SMILES string of the molecule is CC(c1nc2ccc(F)cc2c(Cl)c1-c1ccccn1)N1C(=O)c2ccccc2C1=O.CCC1=C(c2ccccn2)C(=O)c2cc(F)ccc2C1.CCc1nc2ccc(F)cc2c(Cl)c1-c1ccccn1. The summed E-state index contributed by atoms with van der Waals surface area (Å²) in [4.78, 5) is 62.2. The lowest BCUT2D eigenvalue weighted by molar-refractivity contribution is 0.0592. The molecule has 0 radical (unpaired) electrons. The summed E-state index contributed by atoms with van der Waals surface area (Å²) in [6.07, 6.45) is 7.19. The van der Waals surface area contributed by atoms with E-state index in [0.717, 1.165) is 40.9 Å². The molecule has 0 saturated carbocycles. The van der Waals surface area contributed by atoms with Gasteiger partial charge in [-0.2, -0.15) is 0 Å². The maximum atomic E-state index is 13.9. The van der Waals surface area contributed by atoms with Gasteiger partial charge in [0.1, 0.15) is 17.5 Å². The van der Waals surface area contributed by atoms with Crippen molar-refractivity contribution in [3.05, 3.63) is 224 Å². The van der Waals surface area contributed by atoms with Crippen molar-refractivity contribution in [1.82, 2.24) is 29.8 Å². The Balaban J connectivity index is 0.000000137. The molecule has 11 rings (SSSR count). The van der Waals surface area contributed by atoms with Crippen LogP contribution in [0.25, 0.3) is 49.9 Å². The number of carbonyl (C=O) groups is 3. The summed E-state index contributed by atoms with van der Waals surface area (Å²) < 4.78 is 40.7. The normalized spacial score (nSPS) is 13.4. The lowest BCUT2D eigenvalue weighted by Gasteiger charge is -2.25. The second-order valence-electron chi connectivity index (χ2n) is 16.6. The van der Waals surface area contributed by atoms with E-state index in [1.54, 1.807) is 80.1 Å². The molecule has 1 atom stereocenters. The van der Waals surface area contributed by atoms with Crippen LogP contribution in [-0.4, -0.2) is 47.4 Å². The van der Waals surface area contributed by atoms with Crippen LogP contribution < -0.4 is 0 Å². The Morgan fingerprint density at radius 3 is 1.59 bits per heavy atom. The topological polar surface area (TPSA) is 119 Å². The summed E-state index contributed by atoms with van der Waals surface area (Å²) in [5.41, 5.74) is 9.40. The number of imide groups is 1. The number of aryl methyl sites for hydroxylation is 1. The fraction of sp³-hybridized carbons (Fsp3) is 0.123. The highest BCUT2D eigenvalue weighted by molar-refractivity contribution is 6.39. The van der Waals surface area contributed by atoms with Crippen LogP contribution in [-0.2, 0) is 12.8 Å². The molecule has 0 bridgehead atoms. The van der Waals surface area contributed by atoms with E-state index in [1.165, 1.54) is 47.4 Å². The number of carbonyl (C=O) groups excluding carboxylic acids is 3. The van der Waals surface area contributed by atoms with E-state index in [1.807, 2.05) is 50.2 Å². The number of pyridine rings is 5. The molecule has 1 unspecified atom stereocenters. The Morgan fingerprint density at radius 2 is 1.06 bits per heavy atom. The predicted octanol–water partition coefficient (Wildman–Crippen LogP) is 13.9. The Morgan fingerprint density at radius 1 is 0.563 bits per heavy atom. The van der Waals surface area contributed by atoms with Crippen molar-refractivity contribution in [2.75, 3.05) is 0 Å². The highest BCUT2D eigenvalue weighted by atomic mass is 35.5. The van der Waals surface area contributed by atoms with Gasteiger partial charge in [0.05, 0.1) is 66.7 Å². The first-order chi connectivity index (χ1) is 34.4. The van der Waals surface area contributed by atoms with Crippen molar-refractivity contribution in [2.45, 2.75) is 46.1 Å². The number of nitrogens with zero attached hydrogens (tertiary/aromatic N) is 6. The number of allylic oxidation sites excluding steroid dienone is 2. The summed E-state index contributed by atoms with van der Waals surface area (Å²) in [5.74, 6) is -2.05. The Labute approximate surface area is 416 Å². The van der Waals surface area contributed by atoms with Gasteiger partial charge in [0.25, 0.3) is 11.8 Å². The second kappa shape index (κ2) is 20.6. The predicted molar refractivity (Wildman–Crippen MR) is 271 cm³/mol. The first-order valence-corrected chi connectivity index (χ1v) is 23.5. The third-order valence-electron chi connectivity index (χ3n) is 12.3. The Hall–Kier alpha value is -7.93. The van der Waals surface area contributed by atoms with Crippen LogP contribution in [0.1, 0.15) is 87.0 Å². The average Bonchev–Trinajstić information content (AvgIpc) is 3.65. The summed E-state index contributed by atoms with van der Waals surface area (Å²) in [7, 11) is 0. The van der Waals surface area contributed by atoms with Gasteiger partial charge in [-0.1, -0.05) is 79.0 Å². The van der Waals surface area contributed by atoms with Gasteiger partial charge in [-0.3, -0.25) is 39.2 Å². The number of Topliss-reactive ketones (excluding diaryl/α,β-unsaturated/α-hetero) is 1. The highest BCUT2D eigenvalue weighted by Gasteiger charge is 2.40. The summed E-state index contributed by atoms with van der Waals surface area (Å²) in [6.45, 7) is 5.77. The van der Waals surface area contributed by atoms with Crippen LogP contribution in [0.4, 0.5) is 13.2 Å². The van der Waals surface area contributed by atoms with Crippen molar-refractivity contribution < 1.29 is 27.6 Å². The molecule has 352 valence electrons. The summed E-state index contributed by atoms with van der Waals surface area (Å²) in [5, 5.41) is 1.82. The number of rotatable bonds is 7. The Bertz CT molecular complexity index is 3550. The number of ketones is 1. The molecule has 1 aliphatic heterocycles. The van der Waals surface area contributed by atoms with Crippen LogP contribution in [0.15, 0.2) is 158 Å². The minimum atomic E-state index is -0.726. The molecule has 6 heterocycles. The molecule has 5 aromatic heterocycles. The van der Waals surface area contributed by atoms with Gasteiger partial charge >= 0.3 is 0 Å². The maximum Gasteiger partial charge on any atom is 0.262 e. The maximum absolute atomic E-state index is 13.9. The fourth-order valence-electron chi connectivity index (χ4n) is 8.86. The number of amides is 2. The van der Waals surface area contributed by atoms with E-state index in [-0.39, 0.29) is 22.4 Å². The number of halogens is 5. The van der Waals surface area contributed by atoms with Crippen LogP contribution in [0.3, 0.4) is 0 Å². The lowest BCUT2D eigenvalue weighted by Crippen LogP contribution is -2.33. The van der Waals surface area contributed by atoms with E-state index in [2.05, 4.69) is 19.9 Å². The number of hydrogen-bond acceptors (Lipinski definition) is 8. The minimum Gasteiger partial charge on any atom is -0.289 e. The fourth-order valence-corrected chi connectivity index (χ4v) is 9.56. The molecular weight excluding hydrogens is 945 g/mol. The number of hydrogen-bond donors (Lipinski definition) is 0. The van der Waals surface area contributed by atoms with Gasteiger partial charge in [0.15, 0.2) is 5.78 Å². The monoisotopic (exact) mass is 984 g/mol. The molecule has 0 N–H and O–H groups in total. The van der Waals surface area contributed by atoms with E-state index in [0.29, 0.717) is 78.2 Å². The number of benzene rings is 4. The third kappa shape index (κ3) is 9.44. The van der Waals surface area contributed by atoms with Crippen molar-refractivity contribution in [1.29, 1.82) is 0 Å². The molecule has 1 aliphatic carbocycles. The van der Waals surface area contributed by atoms with E-state index in [4.69, 9.17) is 28.2 Å². The van der Waals surface area contributed by atoms with Gasteiger partial charge in [-0.15, -0.1) is 0 Å². The van der Waals surface area contributed by atoms with Crippen molar-refractivity contribution >= 4 is 68.2 Å². The average molecular weight is 986 g/mol. The highest BCUT2D eigenvalue weighted by Crippen LogP contribution is 2.42. The molecule has 0 spiro atoms. The lowest BCUT2D eigenvalue weighted by atomic mass is 9.82.